The van der Waals surface area contributed by atoms with E-state index in [0.29, 0.717) is 28.9 Å². The maximum atomic E-state index is 11.9. The van der Waals surface area contributed by atoms with E-state index in [1.165, 1.54) is 5.56 Å². The number of benzene rings is 1. The van der Waals surface area contributed by atoms with Gasteiger partial charge in [0, 0.05) is 43.5 Å². The maximum Gasteiger partial charge on any atom is 0.168 e. The second-order valence-electron chi connectivity index (χ2n) is 7.22. The van der Waals surface area contributed by atoms with Crippen molar-refractivity contribution in [2.24, 2.45) is 10.8 Å². The molecule has 2 aromatic rings. The number of carbonyl (C=O) groups excluding carboxylic acids is 1. The lowest BCUT2D eigenvalue weighted by Crippen LogP contribution is -2.42. The molecular formula is C20H27N5O. The molecule has 26 heavy (non-hydrogen) atoms. The van der Waals surface area contributed by atoms with Gasteiger partial charge in [-0.2, -0.15) is 5.10 Å². The molecule has 0 radical (unpaired) electrons. The third kappa shape index (κ3) is 3.24. The Bertz CT molecular complexity index is 813. The first-order chi connectivity index (χ1) is 12.5. The van der Waals surface area contributed by atoms with Gasteiger partial charge in [-0.05, 0) is 36.2 Å². The number of aldehydes is 1. The number of nitrogens with two attached hydrogens (primary N) is 1. The van der Waals surface area contributed by atoms with Crippen molar-refractivity contribution in [1.29, 1.82) is 0 Å². The van der Waals surface area contributed by atoms with E-state index < -0.39 is 0 Å². The van der Waals surface area contributed by atoms with Gasteiger partial charge in [0.15, 0.2) is 12.1 Å². The number of aromatic nitrogens is 1. The van der Waals surface area contributed by atoms with Crippen molar-refractivity contribution in [2.45, 2.75) is 25.7 Å². The first-order valence-electron chi connectivity index (χ1n) is 8.95. The van der Waals surface area contributed by atoms with Gasteiger partial charge in [-0.15, -0.1) is 0 Å². The van der Waals surface area contributed by atoms with Gasteiger partial charge in [-0.3, -0.25) is 4.79 Å². The molecule has 1 fully saturated rings. The standard InChI is InChI=1S/C20H27N5O/c1-13(2)14-5-7-16(8-6-14)25-11-17(15-9-24(4)10-15)18(12-26)19(25)20(21)23-22-3/h5-8,11-13,15,22H,9-10H2,1-4H3,(H2,21,23). The highest BCUT2D eigenvalue weighted by molar-refractivity contribution is 6.04. The van der Waals surface area contributed by atoms with E-state index in [4.69, 9.17) is 5.73 Å². The van der Waals surface area contributed by atoms with Crippen LogP contribution < -0.4 is 11.2 Å². The highest BCUT2D eigenvalue weighted by Gasteiger charge is 2.31. The van der Waals surface area contributed by atoms with Crippen LogP contribution in [0.4, 0.5) is 0 Å². The number of rotatable bonds is 6. The predicted molar refractivity (Wildman–Crippen MR) is 105 cm³/mol. The summed E-state index contributed by atoms with van der Waals surface area (Å²) in [6.45, 7) is 6.23. The van der Waals surface area contributed by atoms with E-state index in [1.807, 2.05) is 10.8 Å². The Morgan fingerprint density at radius 2 is 1.96 bits per heavy atom. The minimum absolute atomic E-state index is 0.307. The number of hydrogen-bond acceptors (Lipinski definition) is 4. The lowest BCUT2D eigenvalue weighted by molar-refractivity contribution is 0.111. The molecule has 0 saturated carbocycles. The minimum Gasteiger partial charge on any atom is -0.381 e. The Morgan fingerprint density at radius 3 is 2.46 bits per heavy atom. The lowest BCUT2D eigenvalue weighted by atomic mass is 9.91. The molecule has 1 aromatic carbocycles. The minimum atomic E-state index is 0.307. The summed E-state index contributed by atoms with van der Waals surface area (Å²) in [6.07, 6.45) is 2.94. The number of hydrazone groups is 1. The molecule has 138 valence electrons. The Balaban J connectivity index is 2.13. The summed E-state index contributed by atoms with van der Waals surface area (Å²) in [5.74, 6) is 1.12. The van der Waals surface area contributed by atoms with E-state index in [1.54, 1.807) is 7.05 Å². The molecule has 3 N–H and O–H groups in total. The SMILES string of the molecule is CN/N=C(/N)c1c(C=O)c(C2CN(C)C2)cn1-c1ccc(C(C)C)cc1. The number of carbonyl (C=O) groups is 1. The molecule has 1 saturated heterocycles. The summed E-state index contributed by atoms with van der Waals surface area (Å²) >= 11 is 0. The molecule has 0 aliphatic carbocycles. The fraction of sp³-hybridized carbons (Fsp3) is 0.400. The number of nitrogens with one attached hydrogen (secondary N) is 1. The fourth-order valence-electron chi connectivity index (χ4n) is 3.54. The molecule has 1 aromatic heterocycles. The zero-order valence-electron chi connectivity index (χ0n) is 15.9. The number of likely N-dealkylation sites (N-methyl/N-ethyl adjacent to an activating group) is 1. The Hall–Kier alpha value is -2.60. The molecule has 2 heterocycles. The highest BCUT2D eigenvalue weighted by Crippen LogP contribution is 2.32. The number of hydrogen-bond donors (Lipinski definition) is 2. The monoisotopic (exact) mass is 353 g/mol. The van der Waals surface area contributed by atoms with Crippen LogP contribution in [0.5, 0.6) is 0 Å². The van der Waals surface area contributed by atoms with Gasteiger partial charge >= 0.3 is 0 Å². The Kier molecular flexibility index (Phi) is 5.13. The molecule has 0 spiro atoms. The van der Waals surface area contributed by atoms with Gasteiger partial charge in [0.2, 0.25) is 0 Å². The predicted octanol–water partition coefficient (Wildman–Crippen LogP) is 2.28. The van der Waals surface area contributed by atoms with E-state index in [2.05, 4.69) is 60.6 Å². The molecule has 6 nitrogen and oxygen atoms in total. The van der Waals surface area contributed by atoms with E-state index in [-0.39, 0.29) is 0 Å². The Labute approximate surface area is 154 Å². The number of nitrogens with zero attached hydrogens (tertiary/aromatic N) is 3. The summed E-state index contributed by atoms with van der Waals surface area (Å²) in [4.78, 5) is 14.1. The van der Waals surface area contributed by atoms with Crippen LogP contribution in [0.3, 0.4) is 0 Å². The lowest BCUT2D eigenvalue weighted by Gasteiger charge is -2.36. The summed E-state index contributed by atoms with van der Waals surface area (Å²) in [5, 5.41) is 4.12. The molecule has 6 heteroatoms. The average molecular weight is 353 g/mol. The fourth-order valence-corrected chi connectivity index (χ4v) is 3.54. The molecule has 0 atom stereocenters. The number of amidine groups is 1. The van der Waals surface area contributed by atoms with Crippen LogP contribution >= 0.6 is 0 Å². The quantitative estimate of drug-likeness (QED) is 0.362. The summed E-state index contributed by atoms with van der Waals surface area (Å²) in [6, 6.07) is 8.37. The van der Waals surface area contributed by atoms with Crippen molar-refractivity contribution >= 4 is 12.1 Å². The van der Waals surface area contributed by atoms with Crippen molar-refractivity contribution in [2.75, 3.05) is 27.2 Å². The van der Waals surface area contributed by atoms with Gasteiger partial charge in [0.05, 0.1) is 0 Å². The largest absolute Gasteiger partial charge is 0.381 e. The molecule has 0 amide bonds. The maximum absolute atomic E-state index is 11.9. The van der Waals surface area contributed by atoms with Gasteiger partial charge in [-0.25, -0.2) is 0 Å². The van der Waals surface area contributed by atoms with Crippen molar-refractivity contribution < 1.29 is 4.79 Å². The molecule has 0 bridgehead atoms. The van der Waals surface area contributed by atoms with Crippen LogP contribution in [0.2, 0.25) is 0 Å². The highest BCUT2D eigenvalue weighted by atomic mass is 16.1. The third-order valence-electron chi connectivity index (χ3n) is 5.01. The number of likely N-dealkylation sites (tertiary alicyclic amines) is 1. The topological polar surface area (TPSA) is 75.6 Å². The smallest absolute Gasteiger partial charge is 0.168 e. The van der Waals surface area contributed by atoms with Crippen molar-refractivity contribution in [3.05, 3.63) is 52.8 Å². The van der Waals surface area contributed by atoms with Gasteiger partial charge < -0.3 is 20.6 Å². The first-order valence-corrected chi connectivity index (χ1v) is 8.95. The average Bonchev–Trinajstić information content (AvgIpc) is 2.98. The van der Waals surface area contributed by atoms with Gasteiger partial charge in [-0.1, -0.05) is 26.0 Å². The summed E-state index contributed by atoms with van der Waals surface area (Å²) in [5.41, 5.74) is 13.5. The molecule has 1 aliphatic rings. The van der Waals surface area contributed by atoms with Crippen LogP contribution in [-0.4, -0.2) is 48.8 Å². The Morgan fingerprint density at radius 1 is 1.31 bits per heavy atom. The zero-order chi connectivity index (χ0) is 18.8. The van der Waals surface area contributed by atoms with Gasteiger partial charge in [0.1, 0.15) is 5.69 Å². The van der Waals surface area contributed by atoms with Crippen LogP contribution in [-0.2, 0) is 0 Å². The van der Waals surface area contributed by atoms with Crippen LogP contribution in [0.25, 0.3) is 5.69 Å². The second-order valence-corrected chi connectivity index (χ2v) is 7.22. The van der Waals surface area contributed by atoms with E-state index in [9.17, 15) is 4.79 Å². The molecule has 3 rings (SSSR count). The first kappa shape index (κ1) is 18.2. The molecular weight excluding hydrogens is 326 g/mol. The molecule has 1 aliphatic heterocycles. The summed E-state index contributed by atoms with van der Waals surface area (Å²) in [7, 11) is 3.77. The van der Waals surface area contributed by atoms with Crippen LogP contribution in [0.15, 0.2) is 35.6 Å². The van der Waals surface area contributed by atoms with Crippen molar-refractivity contribution in [3.8, 4) is 5.69 Å². The summed E-state index contributed by atoms with van der Waals surface area (Å²) < 4.78 is 1.98. The van der Waals surface area contributed by atoms with Crippen molar-refractivity contribution in [1.82, 2.24) is 14.9 Å². The normalized spacial score (nSPS) is 16.0. The van der Waals surface area contributed by atoms with E-state index >= 15 is 0 Å². The third-order valence-corrected chi connectivity index (χ3v) is 5.01. The molecule has 0 unspecified atom stereocenters. The van der Waals surface area contributed by atoms with Crippen LogP contribution in [0.1, 0.15) is 52.9 Å². The van der Waals surface area contributed by atoms with E-state index in [0.717, 1.165) is 30.6 Å². The van der Waals surface area contributed by atoms with Crippen molar-refractivity contribution in [3.63, 3.8) is 0 Å². The second kappa shape index (κ2) is 7.33. The van der Waals surface area contributed by atoms with Crippen LogP contribution in [0, 0.1) is 0 Å². The van der Waals surface area contributed by atoms with Gasteiger partial charge in [0.25, 0.3) is 0 Å². The zero-order valence-corrected chi connectivity index (χ0v) is 15.9.